The van der Waals surface area contributed by atoms with Crippen molar-refractivity contribution < 1.29 is 30.0 Å². The molecule has 0 aliphatic heterocycles. The van der Waals surface area contributed by atoms with Crippen LogP contribution in [0.3, 0.4) is 0 Å². The fourth-order valence-electron chi connectivity index (χ4n) is 5.48. The van der Waals surface area contributed by atoms with Gasteiger partial charge in [-0.3, -0.25) is 4.79 Å². The summed E-state index contributed by atoms with van der Waals surface area (Å²) in [6, 6.07) is 32.8. The Labute approximate surface area is 280 Å². The number of pyridine rings is 1. The quantitative estimate of drug-likeness (QED) is 0.0815. The maximum absolute atomic E-state index is 10.0. The van der Waals surface area contributed by atoms with Gasteiger partial charge in [0, 0.05) is 26.2 Å². The molecule has 6 rings (SSSR count). The summed E-state index contributed by atoms with van der Waals surface area (Å²) in [5, 5.41) is 13.3. The zero-order valence-electron chi connectivity index (χ0n) is 26.3. The van der Waals surface area contributed by atoms with E-state index in [-0.39, 0.29) is 31.6 Å². The van der Waals surface area contributed by atoms with Crippen LogP contribution in [-0.2, 0) is 24.9 Å². The van der Waals surface area contributed by atoms with E-state index in [0.29, 0.717) is 5.92 Å². The SMILES string of the molecule is CC(=O)/C=C(/C)O.CC(C)c1cc(-c2nccc3sc4c(-c5cc[c]([Ge]([CH3])([CH3])[CH3])cc5)cccc4c23)[c-]c2ccccc12.[Ir]. The van der Waals surface area contributed by atoms with E-state index in [9.17, 15) is 4.79 Å². The van der Waals surface area contributed by atoms with Crippen LogP contribution >= 0.6 is 11.3 Å². The van der Waals surface area contributed by atoms with Gasteiger partial charge in [0.1, 0.15) is 0 Å². The number of carbonyl (C=O) groups is 1. The molecular formula is C38H38GeIrNO2S-. The van der Waals surface area contributed by atoms with E-state index in [1.807, 2.05) is 17.5 Å². The minimum Gasteiger partial charge on any atom is -0.118 e. The van der Waals surface area contributed by atoms with E-state index in [1.165, 1.54) is 62.2 Å². The van der Waals surface area contributed by atoms with Gasteiger partial charge in [0.25, 0.3) is 0 Å². The Balaban J connectivity index is 0.000000497. The number of carbonyl (C=O) groups excluding carboxylic acids is 1. The van der Waals surface area contributed by atoms with Crippen LogP contribution in [0.4, 0.5) is 0 Å². The number of thiophene rings is 1. The standard InChI is InChI=1S/C33H30GeNS.C5H8O2.Ir/c1-21(2)29-20-24(19-23-9-6-7-10-26(23)29)32-31-28-12-8-11-27(33(28)36-30(31)17-18-35-32)22-13-15-25(16-14-22)34(3,4)5;1-4(6)3-5(2)7;/h6-18,20-21H,1-5H3;3,6H,1-2H3;/q-1;;/b;4-3-;. The molecule has 0 saturated heterocycles. The van der Waals surface area contributed by atoms with Crippen LogP contribution in [0.1, 0.15) is 39.2 Å². The van der Waals surface area contributed by atoms with Gasteiger partial charge in [-0.25, -0.2) is 0 Å². The van der Waals surface area contributed by atoms with Gasteiger partial charge >= 0.3 is 172 Å². The van der Waals surface area contributed by atoms with Crippen molar-refractivity contribution in [3.8, 4) is 22.4 Å². The molecule has 4 aromatic carbocycles. The molecule has 6 heteroatoms. The van der Waals surface area contributed by atoms with E-state index in [1.54, 1.807) is 4.40 Å². The van der Waals surface area contributed by atoms with Crippen molar-refractivity contribution in [3.63, 3.8) is 0 Å². The average Bonchev–Trinajstić information content (AvgIpc) is 3.35. The van der Waals surface area contributed by atoms with Crippen LogP contribution < -0.4 is 4.40 Å². The number of aliphatic hydroxyl groups is 1. The summed E-state index contributed by atoms with van der Waals surface area (Å²) in [4.78, 5) is 14.9. The summed E-state index contributed by atoms with van der Waals surface area (Å²) >= 11 is 0.0350. The van der Waals surface area contributed by atoms with Crippen molar-refractivity contribution >= 4 is 65.7 Å². The zero-order chi connectivity index (χ0) is 30.9. The first-order chi connectivity index (χ1) is 20.4. The summed E-state index contributed by atoms with van der Waals surface area (Å²) in [7, 11) is 0. The Kier molecular flexibility index (Phi) is 10.7. The Morgan fingerprint density at radius 3 is 2.23 bits per heavy atom. The summed E-state index contributed by atoms with van der Waals surface area (Å²) in [5.74, 6) is 7.71. The van der Waals surface area contributed by atoms with Crippen molar-refractivity contribution in [2.24, 2.45) is 0 Å². The number of fused-ring (bicyclic) bond motifs is 4. The molecule has 0 amide bonds. The topological polar surface area (TPSA) is 50.2 Å². The molecule has 2 heterocycles. The van der Waals surface area contributed by atoms with E-state index >= 15 is 0 Å². The maximum atomic E-state index is 10.0. The third-order valence-electron chi connectivity index (χ3n) is 7.57. The van der Waals surface area contributed by atoms with Crippen LogP contribution in [0.25, 0.3) is 53.3 Å². The molecule has 0 fully saturated rings. The molecule has 0 unspecified atom stereocenters. The van der Waals surface area contributed by atoms with E-state index in [2.05, 4.69) is 116 Å². The Bertz CT molecular complexity index is 1980. The minimum absolute atomic E-state index is 0. The van der Waals surface area contributed by atoms with Crippen molar-refractivity contribution in [3.05, 3.63) is 109 Å². The third-order valence-corrected chi connectivity index (χ3v) is 13.1. The van der Waals surface area contributed by atoms with Gasteiger partial charge in [0.2, 0.25) is 0 Å². The van der Waals surface area contributed by atoms with Crippen molar-refractivity contribution in [1.29, 1.82) is 0 Å². The molecule has 3 nitrogen and oxygen atoms in total. The van der Waals surface area contributed by atoms with E-state index in [4.69, 9.17) is 10.1 Å². The first-order valence-electron chi connectivity index (χ1n) is 14.7. The molecule has 1 radical (unpaired) electrons. The van der Waals surface area contributed by atoms with Crippen LogP contribution in [0.2, 0.25) is 17.3 Å². The second kappa shape index (κ2) is 13.9. The Morgan fingerprint density at radius 1 is 0.932 bits per heavy atom. The fourth-order valence-corrected chi connectivity index (χ4v) is 9.16. The van der Waals surface area contributed by atoms with Gasteiger partial charge in [-0.05, 0) is 19.8 Å². The van der Waals surface area contributed by atoms with Gasteiger partial charge in [-0.2, -0.15) is 0 Å². The summed E-state index contributed by atoms with van der Waals surface area (Å²) < 4.78 is 4.15. The second-order valence-corrected chi connectivity index (χ2v) is 24.1. The van der Waals surface area contributed by atoms with Gasteiger partial charge in [-0.1, -0.05) is 37.4 Å². The van der Waals surface area contributed by atoms with Crippen molar-refractivity contribution in [2.45, 2.75) is 50.9 Å². The monoisotopic (exact) mass is 839 g/mol. The number of nitrogens with zero attached hydrogens (tertiary/aromatic N) is 1. The number of aromatic nitrogens is 1. The Morgan fingerprint density at radius 2 is 1.61 bits per heavy atom. The smallest absolute Gasteiger partial charge is 0.118 e. The fraction of sp³-hybridized carbons (Fsp3) is 0.211. The molecule has 0 aliphatic carbocycles. The number of rotatable bonds is 5. The molecule has 0 spiro atoms. The van der Waals surface area contributed by atoms with Crippen LogP contribution in [0, 0.1) is 6.07 Å². The second-order valence-electron chi connectivity index (χ2n) is 12.4. The molecule has 44 heavy (non-hydrogen) atoms. The summed E-state index contributed by atoms with van der Waals surface area (Å²) in [5.41, 5.74) is 6.05. The molecule has 0 atom stereocenters. The zero-order valence-corrected chi connectivity index (χ0v) is 31.6. The molecule has 2 aromatic heterocycles. The molecule has 0 aliphatic rings. The third kappa shape index (κ3) is 7.24. The van der Waals surface area contributed by atoms with E-state index < -0.39 is 13.3 Å². The molecule has 227 valence electrons. The van der Waals surface area contributed by atoms with Crippen molar-refractivity contribution in [2.75, 3.05) is 0 Å². The predicted octanol–water partition coefficient (Wildman–Crippen LogP) is 10.4. The van der Waals surface area contributed by atoms with Crippen LogP contribution in [0.15, 0.2) is 96.9 Å². The van der Waals surface area contributed by atoms with E-state index in [0.717, 1.165) is 16.6 Å². The number of hydrogen-bond acceptors (Lipinski definition) is 4. The normalized spacial score (nSPS) is 11.9. The predicted molar refractivity (Wildman–Crippen MR) is 188 cm³/mol. The molecule has 1 N–H and O–H groups in total. The van der Waals surface area contributed by atoms with Crippen LogP contribution in [-0.4, -0.2) is 29.1 Å². The number of hydrogen-bond donors (Lipinski definition) is 1. The van der Waals surface area contributed by atoms with Gasteiger partial charge in [-0.15, -0.1) is 6.07 Å². The molecule has 6 aromatic rings. The minimum atomic E-state index is -1.84. The Hall–Kier alpha value is -3.09. The number of aliphatic hydroxyl groups excluding tert-OH is 1. The van der Waals surface area contributed by atoms with Gasteiger partial charge in [0.15, 0.2) is 5.78 Å². The summed E-state index contributed by atoms with van der Waals surface area (Å²) in [6.45, 7) is 7.38. The first-order valence-corrected chi connectivity index (χ1v) is 22.8. The summed E-state index contributed by atoms with van der Waals surface area (Å²) in [6.07, 6.45) is 3.12. The molecule has 0 saturated carbocycles. The van der Waals surface area contributed by atoms with Gasteiger partial charge < -0.3 is 5.11 Å². The number of ketones is 1. The average molecular weight is 838 g/mol. The number of benzene rings is 4. The van der Waals surface area contributed by atoms with Crippen LogP contribution in [0.5, 0.6) is 0 Å². The first kappa shape index (κ1) is 33.8. The molecule has 0 bridgehead atoms. The van der Waals surface area contributed by atoms with Gasteiger partial charge in [0.05, 0.1) is 5.76 Å². The van der Waals surface area contributed by atoms with Crippen molar-refractivity contribution in [1.82, 2.24) is 4.98 Å². The number of allylic oxidation sites excluding steroid dienone is 2. The molecular weight excluding hydrogens is 799 g/mol.